The van der Waals surface area contributed by atoms with Gasteiger partial charge in [-0.1, -0.05) is 24.3 Å². The molecule has 0 amide bonds. The summed E-state index contributed by atoms with van der Waals surface area (Å²) in [6, 6.07) is 15.8. The lowest BCUT2D eigenvalue weighted by molar-refractivity contribution is 0.0155. The number of rotatable bonds is 11. The Kier molecular flexibility index (Phi) is 8.29. The van der Waals surface area contributed by atoms with Gasteiger partial charge in [0.2, 0.25) is 5.88 Å². The minimum absolute atomic E-state index is 0.117. The molecule has 2 heterocycles. The average molecular weight is 470 g/mol. The highest BCUT2D eigenvalue weighted by Gasteiger charge is 2.26. The SMILES string of the molecule is COC[C@@H](O)CN(Cc1c(C)nn(-c2ccccc2)c1Oc1cccc(F)c1)C[C@H]1CCCO1. The van der Waals surface area contributed by atoms with Crippen LogP contribution in [0.25, 0.3) is 5.69 Å². The van der Waals surface area contributed by atoms with E-state index in [2.05, 4.69) is 4.90 Å². The van der Waals surface area contributed by atoms with Crippen molar-refractivity contribution in [1.29, 1.82) is 0 Å². The Morgan fingerprint density at radius 2 is 2.06 bits per heavy atom. The van der Waals surface area contributed by atoms with Crippen LogP contribution in [0.2, 0.25) is 0 Å². The van der Waals surface area contributed by atoms with E-state index >= 15 is 0 Å². The van der Waals surface area contributed by atoms with E-state index in [-0.39, 0.29) is 18.5 Å². The van der Waals surface area contributed by atoms with Crippen LogP contribution in [0.5, 0.6) is 11.6 Å². The molecular formula is C26H32FN3O4. The fourth-order valence-electron chi connectivity index (χ4n) is 4.26. The molecule has 8 heteroatoms. The molecule has 1 aliphatic heterocycles. The molecule has 0 aliphatic carbocycles. The van der Waals surface area contributed by atoms with Crippen molar-refractivity contribution in [3.05, 3.63) is 71.7 Å². The highest BCUT2D eigenvalue weighted by atomic mass is 19.1. The van der Waals surface area contributed by atoms with Crippen molar-refractivity contribution in [2.45, 2.75) is 38.5 Å². The third kappa shape index (κ3) is 6.21. The van der Waals surface area contributed by atoms with E-state index < -0.39 is 6.10 Å². The van der Waals surface area contributed by atoms with Crippen LogP contribution in [-0.4, -0.2) is 65.4 Å². The predicted octanol–water partition coefficient (Wildman–Crippen LogP) is 4.10. The molecule has 0 spiro atoms. The number of halogens is 1. The van der Waals surface area contributed by atoms with Crippen molar-refractivity contribution in [2.24, 2.45) is 0 Å². The molecule has 182 valence electrons. The number of aromatic nitrogens is 2. The highest BCUT2D eigenvalue weighted by molar-refractivity contribution is 5.43. The molecule has 1 aliphatic rings. The van der Waals surface area contributed by atoms with Gasteiger partial charge in [-0.05, 0) is 44.0 Å². The van der Waals surface area contributed by atoms with Crippen LogP contribution in [0.1, 0.15) is 24.1 Å². The van der Waals surface area contributed by atoms with Crippen LogP contribution >= 0.6 is 0 Å². The largest absolute Gasteiger partial charge is 0.438 e. The van der Waals surface area contributed by atoms with Gasteiger partial charge in [-0.25, -0.2) is 9.07 Å². The predicted molar refractivity (Wildman–Crippen MR) is 127 cm³/mol. The van der Waals surface area contributed by atoms with E-state index in [9.17, 15) is 9.50 Å². The quantitative estimate of drug-likeness (QED) is 0.456. The van der Waals surface area contributed by atoms with Crippen LogP contribution in [-0.2, 0) is 16.0 Å². The van der Waals surface area contributed by atoms with Gasteiger partial charge in [-0.15, -0.1) is 0 Å². The first-order valence-corrected chi connectivity index (χ1v) is 11.6. The van der Waals surface area contributed by atoms with Gasteiger partial charge in [-0.3, -0.25) is 4.90 Å². The van der Waals surface area contributed by atoms with Crippen LogP contribution in [0, 0.1) is 12.7 Å². The molecule has 7 nitrogen and oxygen atoms in total. The first-order valence-electron chi connectivity index (χ1n) is 11.6. The van der Waals surface area contributed by atoms with Crippen molar-refractivity contribution >= 4 is 0 Å². The first-order chi connectivity index (χ1) is 16.5. The normalized spacial score (nSPS) is 16.8. The average Bonchev–Trinajstić information content (AvgIpc) is 3.43. The van der Waals surface area contributed by atoms with E-state index in [1.807, 2.05) is 37.3 Å². The summed E-state index contributed by atoms with van der Waals surface area (Å²) in [5.41, 5.74) is 2.51. The number of hydrogen-bond donors (Lipinski definition) is 1. The zero-order chi connectivity index (χ0) is 23.9. The van der Waals surface area contributed by atoms with Crippen LogP contribution in [0.3, 0.4) is 0 Å². The Bertz CT molecular complexity index is 1050. The molecule has 0 saturated carbocycles. The number of benzene rings is 2. The second-order valence-electron chi connectivity index (χ2n) is 8.61. The summed E-state index contributed by atoms with van der Waals surface area (Å²) in [7, 11) is 1.58. The standard InChI is InChI=1S/C26H32FN3O4/c1-19-25(17-29(15-22(31)18-32-2)16-24-12-7-13-33-24)26(34-23-11-6-8-20(27)14-23)30(28-19)21-9-4-3-5-10-21/h3-6,8-11,14,22,24,31H,7,12-13,15-18H2,1-2H3/t22-,24+/m0/s1. The lowest BCUT2D eigenvalue weighted by atomic mass is 10.1. The maximum atomic E-state index is 13.9. The molecular weight excluding hydrogens is 437 g/mol. The molecule has 1 N–H and O–H groups in total. The van der Waals surface area contributed by atoms with Crippen LogP contribution < -0.4 is 4.74 Å². The minimum atomic E-state index is -0.636. The number of hydrogen-bond acceptors (Lipinski definition) is 6. The summed E-state index contributed by atoms with van der Waals surface area (Å²) < 4.78 is 32.9. The molecule has 34 heavy (non-hydrogen) atoms. The number of methoxy groups -OCH3 is 1. The smallest absolute Gasteiger partial charge is 0.227 e. The summed E-state index contributed by atoms with van der Waals surface area (Å²) in [4.78, 5) is 2.15. The van der Waals surface area contributed by atoms with Gasteiger partial charge in [0.05, 0.1) is 35.8 Å². The lowest BCUT2D eigenvalue weighted by Gasteiger charge is -2.27. The summed E-state index contributed by atoms with van der Waals surface area (Å²) in [5, 5.41) is 15.2. The molecule has 1 aromatic heterocycles. The topological polar surface area (TPSA) is 69.0 Å². The molecule has 1 fully saturated rings. The highest BCUT2D eigenvalue weighted by Crippen LogP contribution is 2.32. The monoisotopic (exact) mass is 469 g/mol. The van der Waals surface area contributed by atoms with Crippen molar-refractivity contribution in [3.63, 3.8) is 0 Å². The van der Waals surface area contributed by atoms with Crippen molar-refractivity contribution in [1.82, 2.24) is 14.7 Å². The Labute approximate surface area is 199 Å². The summed E-state index contributed by atoms with van der Waals surface area (Å²) in [5.74, 6) is 0.542. The Morgan fingerprint density at radius 3 is 2.76 bits per heavy atom. The van der Waals surface area contributed by atoms with E-state index in [4.69, 9.17) is 19.3 Å². The van der Waals surface area contributed by atoms with Gasteiger partial charge in [0.1, 0.15) is 11.6 Å². The van der Waals surface area contributed by atoms with Gasteiger partial charge < -0.3 is 19.3 Å². The molecule has 0 bridgehead atoms. The van der Waals surface area contributed by atoms with Crippen LogP contribution in [0.4, 0.5) is 4.39 Å². The fraction of sp³-hybridized carbons (Fsp3) is 0.423. The van der Waals surface area contributed by atoms with Gasteiger partial charge in [0, 0.05) is 39.4 Å². The fourth-order valence-corrected chi connectivity index (χ4v) is 4.26. The molecule has 0 unspecified atom stereocenters. The molecule has 1 saturated heterocycles. The first kappa shape index (κ1) is 24.3. The number of aryl methyl sites for hydroxylation is 1. The molecule has 2 aromatic carbocycles. The Balaban J connectivity index is 1.68. The number of aliphatic hydroxyl groups is 1. The second kappa shape index (κ2) is 11.6. The number of nitrogens with zero attached hydrogens (tertiary/aromatic N) is 3. The van der Waals surface area contributed by atoms with Crippen molar-refractivity contribution in [3.8, 4) is 17.3 Å². The maximum absolute atomic E-state index is 13.9. The summed E-state index contributed by atoms with van der Waals surface area (Å²) in [6.07, 6.45) is 1.51. The van der Waals surface area contributed by atoms with E-state index in [0.29, 0.717) is 31.3 Å². The number of aliphatic hydroxyl groups excluding tert-OH is 1. The summed E-state index contributed by atoms with van der Waals surface area (Å²) in [6.45, 7) is 4.53. The minimum Gasteiger partial charge on any atom is -0.438 e. The van der Waals surface area contributed by atoms with Gasteiger partial charge in [0.15, 0.2) is 0 Å². The molecule has 4 rings (SSSR count). The van der Waals surface area contributed by atoms with Gasteiger partial charge in [0.25, 0.3) is 0 Å². The number of ether oxygens (including phenoxy) is 3. The second-order valence-corrected chi connectivity index (χ2v) is 8.61. The van der Waals surface area contributed by atoms with E-state index in [1.165, 1.54) is 12.1 Å². The molecule has 2 atom stereocenters. The zero-order valence-corrected chi connectivity index (χ0v) is 19.7. The van der Waals surface area contributed by atoms with Crippen LogP contribution in [0.15, 0.2) is 54.6 Å². The van der Waals surface area contributed by atoms with E-state index in [1.54, 1.807) is 23.9 Å². The third-order valence-electron chi connectivity index (χ3n) is 5.84. The van der Waals surface area contributed by atoms with Crippen molar-refractivity contribution < 1.29 is 23.7 Å². The van der Waals surface area contributed by atoms with Crippen molar-refractivity contribution in [2.75, 3.05) is 33.4 Å². The van der Waals surface area contributed by atoms with Gasteiger partial charge >= 0.3 is 0 Å². The summed E-state index contributed by atoms with van der Waals surface area (Å²) >= 11 is 0. The zero-order valence-electron chi connectivity index (χ0n) is 19.7. The van der Waals surface area contributed by atoms with E-state index in [0.717, 1.165) is 36.4 Å². The molecule has 0 radical (unpaired) electrons. The Morgan fingerprint density at radius 1 is 1.24 bits per heavy atom. The lowest BCUT2D eigenvalue weighted by Crippen LogP contribution is -2.39. The number of para-hydroxylation sites is 1. The molecule has 3 aromatic rings. The Hall–Kier alpha value is -2.78. The van der Waals surface area contributed by atoms with Gasteiger partial charge in [-0.2, -0.15) is 5.10 Å². The third-order valence-corrected chi connectivity index (χ3v) is 5.84. The maximum Gasteiger partial charge on any atom is 0.227 e.